The van der Waals surface area contributed by atoms with Gasteiger partial charge in [-0.25, -0.2) is 9.59 Å². The Morgan fingerprint density at radius 1 is 0.818 bits per heavy atom. The third-order valence-corrected chi connectivity index (χ3v) is 4.24. The summed E-state index contributed by atoms with van der Waals surface area (Å²) in [6, 6.07) is 17.5. The third kappa shape index (κ3) is 1.63. The van der Waals surface area contributed by atoms with Gasteiger partial charge in [0, 0.05) is 0 Å². The zero-order valence-corrected chi connectivity index (χ0v) is 11.6. The van der Waals surface area contributed by atoms with Crippen LogP contribution in [0, 0.1) is 0 Å². The zero-order chi connectivity index (χ0) is 15.8. The highest BCUT2D eigenvalue weighted by molar-refractivity contribution is 6.06. The van der Waals surface area contributed by atoms with Crippen molar-refractivity contribution in [3.05, 3.63) is 71.8 Å². The Balaban J connectivity index is 2.31. The fourth-order valence-corrected chi connectivity index (χ4v) is 3.13. The van der Waals surface area contributed by atoms with E-state index in [-0.39, 0.29) is 6.61 Å². The molecule has 1 saturated heterocycles. The molecular formula is C17H14O5. The first-order chi connectivity index (χ1) is 10.6. The molecule has 0 amide bonds. The molecule has 1 aliphatic heterocycles. The van der Waals surface area contributed by atoms with Crippen LogP contribution in [-0.4, -0.2) is 34.4 Å². The average molecular weight is 298 g/mol. The van der Waals surface area contributed by atoms with E-state index in [2.05, 4.69) is 0 Å². The van der Waals surface area contributed by atoms with Gasteiger partial charge in [-0.05, 0) is 11.1 Å². The van der Waals surface area contributed by atoms with E-state index in [0.717, 1.165) is 0 Å². The molecule has 0 atom stereocenters. The van der Waals surface area contributed by atoms with Crippen LogP contribution in [0.4, 0.5) is 0 Å². The summed E-state index contributed by atoms with van der Waals surface area (Å²) in [6.45, 7) is -0.000370. The van der Waals surface area contributed by atoms with Crippen molar-refractivity contribution in [3.63, 3.8) is 0 Å². The minimum Gasteiger partial charge on any atom is -0.479 e. The Morgan fingerprint density at radius 2 is 1.23 bits per heavy atom. The van der Waals surface area contributed by atoms with E-state index in [1.54, 1.807) is 60.7 Å². The molecule has 5 heteroatoms. The molecule has 1 aliphatic rings. The van der Waals surface area contributed by atoms with Crippen LogP contribution in [0.5, 0.6) is 0 Å². The van der Waals surface area contributed by atoms with Crippen LogP contribution in [0.1, 0.15) is 11.1 Å². The molecule has 3 rings (SSSR count). The molecule has 1 fully saturated rings. The molecule has 2 N–H and O–H groups in total. The Hall–Kier alpha value is -2.66. The largest absolute Gasteiger partial charge is 0.479 e. The van der Waals surface area contributed by atoms with E-state index in [1.807, 2.05) is 0 Å². The SMILES string of the molecule is O=C(O)C1(C(=O)O)OCC1(c1ccccc1)c1ccccc1. The molecule has 0 aromatic heterocycles. The van der Waals surface area contributed by atoms with Gasteiger partial charge in [0.2, 0.25) is 0 Å². The van der Waals surface area contributed by atoms with Gasteiger partial charge in [-0.1, -0.05) is 60.7 Å². The van der Waals surface area contributed by atoms with Crippen molar-refractivity contribution in [2.24, 2.45) is 0 Å². The molecule has 22 heavy (non-hydrogen) atoms. The quantitative estimate of drug-likeness (QED) is 0.842. The van der Waals surface area contributed by atoms with E-state index in [0.29, 0.717) is 11.1 Å². The minimum atomic E-state index is -2.32. The number of carboxylic acid groups (broad SMARTS) is 2. The van der Waals surface area contributed by atoms with Gasteiger partial charge in [0.25, 0.3) is 5.60 Å². The van der Waals surface area contributed by atoms with Crippen LogP contribution >= 0.6 is 0 Å². The highest BCUT2D eigenvalue weighted by Crippen LogP contribution is 2.52. The van der Waals surface area contributed by atoms with Crippen LogP contribution in [0.3, 0.4) is 0 Å². The maximum absolute atomic E-state index is 11.8. The second-order valence-corrected chi connectivity index (χ2v) is 5.22. The number of carbonyl (C=O) groups is 2. The molecule has 0 aliphatic carbocycles. The molecule has 0 unspecified atom stereocenters. The minimum absolute atomic E-state index is 0.000370. The number of hydrogen-bond donors (Lipinski definition) is 2. The molecule has 0 radical (unpaired) electrons. The van der Waals surface area contributed by atoms with Crippen LogP contribution in [0.15, 0.2) is 60.7 Å². The van der Waals surface area contributed by atoms with E-state index in [4.69, 9.17) is 4.74 Å². The molecule has 112 valence electrons. The highest BCUT2D eigenvalue weighted by Gasteiger charge is 2.73. The molecule has 0 spiro atoms. The van der Waals surface area contributed by atoms with E-state index in [9.17, 15) is 19.8 Å². The van der Waals surface area contributed by atoms with Crippen molar-refractivity contribution in [1.29, 1.82) is 0 Å². The van der Waals surface area contributed by atoms with E-state index >= 15 is 0 Å². The smallest absolute Gasteiger partial charge is 0.349 e. The third-order valence-electron chi connectivity index (χ3n) is 4.24. The van der Waals surface area contributed by atoms with E-state index < -0.39 is 23.0 Å². The lowest BCUT2D eigenvalue weighted by atomic mass is 9.59. The molecule has 0 saturated carbocycles. The van der Waals surface area contributed by atoms with Crippen molar-refractivity contribution in [2.75, 3.05) is 6.61 Å². The summed E-state index contributed by atoms with van der Waals surface area (Å²) in [6.07, 6.45) is 0. The number of carboxylic acids is 2. The Labute approximate surface area is 126 Å². The topological polar surface area (TPSA) is 83.8 Å². The van der Waals surface area contributed by atoms with Crippen LogP contribution in [0.25, 0.3) is 0 Å². The van der Waals surface area contributed by atoms with Crippen molar-refractivity contribution >= 4 is 11.9 Å². The standard InChI is InChI=1S/C17H14O5/c18-14(19)17(15(20)21)16(11-22-17,12-7-3-1-4-8-12)13-9-5-2-6-10-13/h1-10H,11H2,(H,18,19)(H,20,21). The first kappa shape index (κ1) is 14.3. The summed E-state index contributed by atoms with van der Waals surface area (Å²) in [5, 5.41) is 19.2. The molecule has 1 heterocycles. The zero-order valence-electron chi connectivity index (χ0n) is 11.6. The van der Waals surface area contributed by atoms with Crippen molar-refractivity contribution < 1.29 is 24.5 Å². The van der Waals surface area contributed by atoms with Gasteiger partial charge in [0.15, 0.2) is 0 Å². The summed E-state index contributed by atoms with van der Waals surface area (Å²) < 4.78 is 5.17. The van der Waals surface area contributed by atoms with Gasteiger partial charge in [0.05, 0.1) is 12.0 Å². The molecule has 2 aromatic carbocycles. The van der Waals surface area contributed by atoms with Crippen molar-refractivity contribution in [1.82, 2.24) is 0 Å². The second kappa shape index (κ2) is 4.96. The van der Waals surface area contributed by atoms with Crippen molar-refractivity contribution in [3.8, 4) is 0 Å². The normalized spacial score (nSPS) is 18.2. The first-order valence-electron chi connectivity index (χ1n) is 6.77. The van der Waals surface area contributed by atoms with E-state index in [1.165, 1.54) is 0 Å². The number of ether oxygens (including phenoxy) is 1. The van der Waals surface area contributed by atoms with Crippen molar-refractivity contribution in [2.45, 2.75) is 11.0 Å². The Kier molecular flexibility index (Phi) is 3.22. The average Bonchev–Trinajstić information content (AvgIpc) is 2.48. The molecule has 2 aromatic rings. The summed E-state index contributed by atoms with van der Waals surface area (Å²) in [4.78, 5) is 23.6. The van der Waals surface area contributed by atoms with Gasteiger partial charge in [-0.2, -0.15) is 0 Å². The fourth-order valence-electron chi connectivity index (χ4n) is 3.13. The maximum atomic E-state index is 11.8. The summed E-state index contributed by atoms with van der Waals surface area (Å²) in [5.74, 6) is -3.00. The number of rotatable bonds is 4. The lowest BCUT2D eigenvalue weighted by molar-refractivity contribution is -0.232. The summed E-state index contributed by atoms with van der Waals surface area (Å²) in [5.41, 5.74) is -2.36. The van der Waals surface area contributed by atoms with Crippen LogP contribution in [0.2, 0.25) is 0 Å². The van der Waals surface area contributed by atoms with Gasteiger partial charge in [-0.15, -0.1) is 0 Å². The monoisotopic (exact) mass is 298 g/mol. The number of aliphatic carboxylic acids is 2. The summed E-state index contributed by atoms with van der Waals surface area (Å²) >= 11 is 0. The molecule has 5 nitrogen and oxygen atoms in total. The lowest BCUT2D eigenvalue weighted by Gasteiger charge is -2.53. The van der Waals surface area contributed by atoms with Gasteiger partial charge >= 0.3 is 11.9 Å². The molecule has 0 bridgehead atoms. The van der Waals surface area contributed by atoms with Crippen LogP contribution in [-0.2, 0) is 19.7 Å². The Bertz CT molecular complexity index is 655. The first-order valence-corrected chi connectivity index (χ1v) is 6.77. The van der Waals surface area contributed by atoms with Crippen LogP contribution < -0.4 is 0 Å². The maximum Gasteiger partial charge on any atom is 0.349 e. The number of hydrogen-bond acceptors (Lipinski definition) is 3. The predicted molar refractivity (Wildman–Crippen MR) is 77.6 cm³/mol. The second-order valence-electron chi connectivity index (χ2n) is 5.22. The highest BCUT2D eigenvalue weighted by atomic mass is 16.6. The number of benzene rings is 2. The van der Waals surface area contributed by atoms with Gasteiger partial charge in [0.1, 0.15) is 0 Å². The summed E-state index contributed by atoms with van der Waals surface area (Å²) in [7, 11) is 0. The Morgan fingerprint density at radius 3 is 1.50 bits per heavy atom. The molecular weight excluding hydrogens is 284 g/mol. The van der Waals surface area contributed by atoms with Gasteiger partial charge in [-0.3, -0.25) is 0 Å². The fraction of sp³-hybridized carbons (Fsp3) is 0.176. The lowest BCUT2D eigenvalue weighted by Crippen LogP contribution is -2.74. The predicted octanol–water partition coefficient (Wildman–Crippen LogP) is 1.91. The van der Waals surface area contributed by atoms with Gasteiger partial charge < -0.3 is 14.9 Å².